The Hall–Kier alpha value is -5.30. The van der Waals surface area contributed by atoms with Crippen LogP contribution in [-0.2, 0) is 39.7 Å². The first-order chi connectivity index (χ1) is 27.3. The fourth-order valence-electron chi connectivity index (χ4n) is 8.76. The highest BCUT2D eigenvalue weighted by atomic mass is 79.9. The van der Waals surface area contributed by atoms with Gasteiger partial charge in [0.2, 0.25) is 0 Å². The van der Waals surface area contributed by atoms with Crippen LogP contribution < -0.4 is 10.4 Å². The van der Waals surface area contributed by atoms with Crippen LogP contribution in [0.25, 0.3) is 21.9 Å². The minimum Gasteiger partial charge on any atom is -0.485 e. The fraction of sp³-hybridized carbons (Fsp3) is 0.333. The summed E-state index contributed by atoms with van der Waals surface area (Å²) in [5.41, 5.74) is 4.66. The Bertz CT molecular complexity index is 2550. The van der Waals surface area contributed by atoms with Crippen LogP contribution in [0.15, 0.2) is 111 Å². The molecule has 11 nitrogen and oxygen atoms in total. The summed E-state index contributed by atoms with van der Waals surface area (Å²) in [7, 11) is 6.07. The minimum atomic E-state index is -0.820. The van der Waals surface area contributed by atoms with Crippen molar-refractivity contribution >= 4 is 49.7 Å². The first-order valence-electron chi connectivity index (χ1n) is 19.0. The summed E-state index contributed by atoms with van der Waals surface area (Å²) in [6.07, 6.45) is 7.49. The van der Waals surface area contributed by atoms with Crippen molar-refractivity contribution in [2.24, 2.45) is 13.0 Å². The molecule has 3 aliphatic rings. The van der Waals surface area contributed by atoms with E-state index in [1.807, 2.05) is 33.1 Å². The van der Waals surface area contributed by atoms with Crippen LogP contribution in [0.2, 0.25) is 0 Å². The number of likely N-dealkylation sites (N-methyl/N-ethyl adjacent to an activating group) is 1. The van der Waals surface area contributed by atoms with Crippen molar-refractivity contribution in [1.82, 2.24) is 14.5 Å². The molecule has 0 spiro atoms. The monoisotopic (exact) mass is 833 g/mol. The van der Waals surface area contributed by atoms with Crippen molar-refractivity contribution in [1.29, 1.82) is 0 Å². The molecule has 4 atom stereocenters. The summed E-state index contributed by atoms with van der Waals surface area (Å²) in [5.74, 6) is 0.0962. The lowest BCUT2D eigenvalue weighted by molar-refractivity contribution is -0.131. The zero-order valence-corrected chi connectivity index (χ0v) is 34.1. The van der Waals surface area contributed by atoms with Crippen molar-refractivity contribution in [2.45, 2.75) is 56.5 Å². The third-order valence-electron chi connectivity index (χ3n) is 11.5. The molecule has 1 aliphatic carbocycles. The Labute approximate surface area is 338 Å². The number of halogens is 1. The average Bonchev–Trinajstić information content (AvgIpc) is 3.78. The number of methoxy groups -OCH3 is 1. The number of fused-ring (bicyclic) bond motifs is 4. The maximum Gasteiger partial charge on any atom is 0.339 e. The molecular formula is C45H44BrN3O8. The van der Waals surface area contributed by atoms with Gasteiger partial charge in [-0.3, -0.25) is 9.88 Å². The molecule has 3 aromatic heterocycles. The van der Waals surface area contributed by atoms with E-state index < -0.39 is 16.8 Å². The summed E-state index contributed by atoms with van der Waals surface area (Å²) >= 11 is 3.35. The molecule has 2 aliphatic heterocycles. The van der Waals surface area contributed by atoms with Crippen molar-refractivity contribution in [3.05, 3.63) is 140 Å². The predicted octanol–water partition coefficient (Wildman–Crippen LogP) is 7.64. The third kappa shape index (κ3) is 7.37. The smallest absolute Gasteiger partial charge is 0.339 e. The molecule has 3 aromatic carbocycles. The van der Waals surface area contributed by atoms with Crippen LogP contribution in [0.3, 0.4) is 0 Å². The molecule has 5 heterocycles. The molecule has 12 heteroatoms. The Morgan fingerprint density at radius 3 is 2.53 bits per heavy atom. The number of hydrogen-bond donors (Lipinski definition) is 0. The first-order valence-corrected chi connectivity index (χ1v) is 19.8. The van der Waals surface area contributed by atoms with E-state index in [9.17, 15) is 14.4 Å². The standard InChI is InChI=1S/C24H26BrN3O3.C21H18O5/c1-27-13-17-8-21-24(30-3,19-5-4-6-20(27)22(17)19)9-15(12-28(21)2)14-31-23(29)16-7-18(25)11-26-10-16;1-21(2,26-20(23)13-6-4-3-5-7-13)18-11-15-10-14-8-9-19(22)25-16(14)12-17(15)24-18/h4-7,10-11,13,15,21H,8-9,12,14H2,1-3H3;3-10,12,18H,11H2,1-2H3. The number of pyridine rings is 1. The Morgan fingerprint density at radius 2 is 1.75 bits per heavy atom. The number of esters is 2. The van der Waals surface area contributed by atoms with Crippen molar-refractivity contribution in [3.63, 3.8) is 0 Å². The maximum absolute atomic E-state index is 12.5. The molecule has 0 saturated carbocycles. The van der Waals surface area contributed by atoms with Gasteiger partial charge in [-0.25, -0.2) is 14.4 Å². The number of rotatable bonds is 7. The van der Waals surface area contributed by atoms with Crippen molar-refractivity contribution in [3.8, 4) is 5.75 Å². The van der Waals surface area contributed by atoms with Gasteiger partial charge in [0.05, 0.1) is 17.7 Å². The van der Waals surface area contributed by atoms with E-state index in [4.69, 9.17) is 23.4 Å². The van der Waals surface area contributed by atoms with Gasteiger partial charge < -0.3 is 27.9 Å². The van der Waals surface area contributed by atoms with Gasteiger partial charge in [-0.05, 0) is 103 Å². The Balaban J connectivity index is 0.000000162. The third-order valence-corrected chi connectivity index (χ3v) is 12.0. The van der Waals surface area contributed by atoms with Gasteiger partial charge in [-0.15, -0.1) is 0 Å². The lowest BCUT2D eigenvalue weighted by atomic mass is 9.69. The molecule has 9 rings (SSSR count). The number of benzene rings is 3. The normalized spacial score (nSPS) is 21.2. The van der Waals surface area contributed by atoms with Gasteiger partial charge in [-0.2, -0.15) is 0 Å². The van der Waals surface area contributed by atoms with E-state index in [0.29, 0.717) is 35.5 Å². The summed E-state index contributed by atoms with van der Waals surface area (Å²) in [4.78, 5) is 42.8. The van der Waals surface area contributed by atoms with Gasteiger partial charge in [0.25, 0.3) is 0 Å². The fourth-order valence-corrected chi connectivity index (χ4v) is 9.12. The largest absolute Gasteiger partial charge is 0.485 e. The minimum absolute atomic E-state index is 0.172. The number of carbonyl (C=O) groups is 2. The molecule has 57 heavy (non-hydrogen) atoms. The number of aromatic nitrogens is 2. The highest BCUT2D eigenvalue weighted by Crippen LogP contribution is 2.49. The summed E-state index contributed by atoms with van der Waals surface area (Å²) < 4.78 is 32.0. The molecule has 1 fully saturated rings. The van der Waals surface area contributed by atoms with Gasteiger partial charge in [0, 0.05) is 90.6 Å². The highest BCUT2D eigenvalue weighted by Gasteiger charge is 2.52. The van der Waals surface area contributed by atoms with Gasteiger partial charge in [-0.1, -0.05) is 30.3 Å². The Morgan fingerprint density at radius 1 is 0.947 bits per heavy atom. The molecule has 294 valence electrons. The second kappa shape index (κ2) is 15.2. The zero-order chi connectivity index (χ0) is 40.1. The lowest BCUT2D eigenvalue weighted by Gasteiger charge is -2.53. The van der Waals surface area contributed by atoms with Crippen LogP contribution >= 0.6 is 15.9 Å². The number of likely N-dealkylation sites (tertiary alicyclic amines) is 1. The summed E-state index contributed by atoms with van der Waals surface area (Å²) in [6, 6.07) is 24.2. The van der Waals surface area contributed by atoms with Crippen LogP contribution in [0.4, 0.5) is 0 Å². The van der Waals surface area contributed by atoms with Gasteiger partial charge in [0.1, 0.15) is 28.6 Å². The average molecular weight is 835 g/mol. The summed E-state index contributed by atoms with van der Waals surface area (Å²) in [6.45, 7) is 4.89. The van der Waals surface area contributed by atoms with E-state index in [1.54, 1.807) is 48.7 Å². The number of aryl methyl sites for hydroxylation is 1. The molecule has 1 saturated heterocycles. The first kappa shape index (κ1) is 38.6. The topological polar surface area (TPSA) is 122 Å². The van der Waals surface area contributed by atoms with E-state index in [-0.39, 0.29) is 30.0 Å². The predicted molar refractivity (Wildman–Crippen MR) is 219 cm³/mol. The Kier molecular flexibility index (Phi) is 10.3. The van der Waals surface area contributed by atoms with Crippen LogP contribution in [0.1, 0.15) is 57.7 Å². The quantitative estimate of drug-likeness (QED) is 0.117. The molecular weight excluding hydrogens is 790 g/mol. The van der Waals surface area contributed by atoms with Crippen molar-refractivity contribution < 1.29 is 33.0 Å². The van der Waals surface area contributed by atoms with Crippen molar-refractivity contribution in [2.75, 3.05) is 27.3 Å². The summed E-state index contributed by atoms with van der Waals surface area (Å²) in [5, 5.41) is 2.15. The van der Waals surface area contributed by atoms with Gasteiger partial charge >= 0.3 is 17.6 Å². The highest BCUT2D eigenvalue weighted by molar-refractivity contribution is 9.10. The second-order valence-corrected chi connectivity index (χ2v) is 16.6. The zero-order valence-electron chi connectivity index (χ0n) is 32.5. The van der Waals surface area contributed by atoms with Crippen LogP contribution in [0, 0.1) is 5.92 Å². The van der Waals surface area contributed by atoms with Crippen LogP contribution in [-0.4, -0.2) is 71.4 Å². The van der Waals surface area contributed by atoms with Crippen LogP contribution in [0.5, 0.6) is 5.75 Å². The maximum atomic E-state index is 12.5. The number of piperidine rings is 1. The second-order valence-electron chi connectivity index (χ2n) is 15.7. The molecule has 6 aromatic rings. The molecule has 0 radical (unpaired) electrons. The molecule has 0 amide bonds. The van der Waals surface area contributed by atoms with E-state index in [2.05, 4.69) is 68.9 Å². The number of carbonyl (C=O) groups excluding carboxylic acids is 2. The van der Waals surface area contributed by atoms with E-state index in [0.717, 1.165) is 34.8 Å². The molecule has 4 unspecified atom stereocenters. The van der Waals surface area contributed by atoms with E-state index >= 15 is 0 Å². The number of ether oxygens (including phenoxy) is 4. The molecule has 0 bridgehead atoms. The number of nitrogens with zero attached hydrogens (tertiary/aromatic N) is 3. The van der Waals surface area contributed by atoms with Gasteiger partial charge in [0.15, 0.2) is 0 Å². The number of hydrogen-bond acceptors (Lipinski definition) is 10. The molecule has 0 N–H and O–H groups in total. The SMILES string of the molecule is CC(C)(OC(=O)c1ccccc1)C1Cc2cc3ccc(=O)oc3cc2O1.COC12CC(COC(=O)c3cncc(Br)c3)CN(C)C1Cc1cn(C)c3cccc2c13. The lowest BCUT2D eigenvalue weighted by Crippen LogP contribution is -2.59. The van der Waals surface area contributed by atoms with E-state index in [1.165, 1.54) is 34.3 Å².